The van der Waals surface area contributed by atoms with Gasteiger partial charge in [-0.25, -0.2) is 4.79 Å². The van der Waals surface area contributed by atoms with Crippen LogP contribution in [0.25, 0.3) is 0 Å². The van der Waals surface area contributed by atoms with Crippen molar-refractivity contribution in [2.24, 2.45) is 5.73 Å². The van der Waals surface area contributed by atoms with Crippen LogP contribution >= 0.6 is 0 Å². The number of cyclic esters (lactones) is 1. The van der Waals surface area contributed by atoms with Crippen LogP contribution in [0.2, 0.25) is 0 Å². The van der Waals surface area contributed by atoms with Gasteiger partial charge >= 0.3 is 11.9 Å². The van der Waals surface area contributed by atoms with Gasteiger partial charge in [-0.15, -0.1) is 0 Å². The second-order valence-corrected chi connectivity index (χ2v) is 3.31. The Morgan fingerprint density at radius 2 is 2.27 bits per heavy atom. The first kappa shape index (κ1) is 9.67. The van der Waals surface area contributed by atoms with Crippen LogP contribution < -0.4 is 5.73 Å². The molecule has 0 aromatic heterocycles. The molecule has 1 heterocycles. The molecule has 5 heteroatoms. The lowest BCUT2D eigenvalue weighted by Crippen LogP contribution is -2.20. The van der Waals surface area contributed by atoms with Crippen LogP contribution in [0.4, 0.5) is 0 Å². The highest BCUT2D eigenvalue weighted by molar-refractivity contribution is 5.93. The summed E-state index contributed by atoms with van der Waals surface area (Å²) in [6.07, 6.45) is 0. The maximum Gasteiger partial charge on any atom is 0.338 e. The van der Waals surface area contributed by atoms with Gasteiger partial charge in [0.05, 0.1) is 5.56 Å². The van der Waals surface area contributed by atoms with E-state index in [2.05, 4.69) is 0 Å². The largest absolute Gasteiger partial charge is 0.480 e. The molecule has 15 heavy (non-hydrogen) atoms. The summed E-state index contributed by atoms with van der Waals surface area (Å²) in [7, 11) is 0. The third-order valence-corrected chi connectivity index (χ3v) is 2.33. The Kier molecular flexibility index (Phi) is 2.17. The number of esters is 1. The Labute approximate surface area is 85.5 Å². The molecule has 2 rings (SSSR count). The lowest BCUT2D eigenvalue weighted by molar-refractivity contribution is -0.138. The normalized spacial score (nSPS) is 15.7. The fourth-order valence-electron chi connectivity index (χ4n) is 1.49. The topological polar surface area (TPSA) is 89.6 Å². The Morgan fingerprint density at radius 1 is 1.53 bits per heavy atom. The fraction of sp³-hybridized carbons (Fsp3) is 0.200. The number of ether oxygens (including phenoxy) is 1. The third-order valence-electron chi connectivity index (χ3n) is 2.33. The maximum absolute atomic E-state index is 11.1. The number of hydrogen-bond donors (Lipinski definition) is 2. The minimum atomic E-state index is -1.10. The third kappa shape index (κ3) is 1.57. The van der Waals surface area contributed by atoms with Crippen molar-refractivity contribution in [3.8, 4) is 0 Å². The maximum atomic E-state index is 11.1. The van der Waals surface area contributed by atoms with Crippen LogP contribution in [0.1, 0.15) is 27.5 Å². The van der Waals surface area contributed by atoms with E-state index in [4.69, 9.17) is 15.6 Å². The highest BCUT2D eigenvalue weighted by Gasteiger charge is 2.23. The van der Waals surface area contributed by atoms with E-state index in [1.54, 1.807) is 12.1 Å². The second-order valence-electron chi connectivity index (χ2n) is 3.31. The Morgan fingerprint density at radius 3 is 2.93 bits per heavy atom. The second kappa shape index (κ2) is 3.36. The minimum absolute atomic E-state index is 0.189. The molecular formula is C10H9NO4. The quantitative estimate of drug-likeness (QED) is 0.687. The fourth-order valence-corrected chi connectivity index (χ4v) is 1.49. The van der Waals surface area contributed by atoms with Crippen molar-refractivity contribution in [3.05, 3.63) is 34.9 Å². The number of fused-ring (bicyclic) bond motifs is 1. The average Bonchev–Trinajstić information content (AvgIpc) is 2.59. The van der Waals surface area contributed by atoms with Crippen molar-refractivity contribution in [1.29, 1.82) is 0 Å². The summed E-state index contributed by atoms with van der Waals surface area (Å²) in [5, 5.41) is 8.71. The van der Waals surface area contributed by atoms with Gasteiger partial charge in [0, 0.05) is 5.56 Å². The molecule has 0 amide bonds. The zero-order chi connectivity index (χ0) is 11.0. The molecule has 0 unspecified atom stereocenters. The van der Waals surface area contributed by atoms with Gasteiger partial charge in [0.1, 0.15) is 12.6 Å². The summed E-state index contributed by atoms with van der Waals surface area (Å²) >= 11 is 0. The standard InChI is InChI=1S/C10H9NO4/c11-8(9(12)13)5-1-2-7-6(3-5)4-15-10(7)14/h1-3,8H,4,11H2,(H,12,13)/t8-/m0/s1. The monoisotopic (exact) mass is 207 g/mol. The van der Waals surface area contributed by atoms with Gasteiger partial charge in [0.2, 0.25) is 0 Å². The first-order valence-corrected chi connectivity index (χ1v) is 4.38. The summed E-state index contributed by atoms with van der Waals surface area (Å²) in [6, 6.07) is 3.61. The molecule has 0 bridgehead atoms. The summed E-state index contributed by atoms with van der Waals surface area (Å²) in [5.74, 6) is -1.47. The van der Waals surface area contributed by atoms with E-state index in [0.717, 1.165) is 0 Å². The van der Waals surface area contributed by atoms with Crippen LogP contribution in [-0.4, -0.2) is 17.0 Å². The molecule has 0 radical (unpaired) electrons. The number of aliphatic carboxylic acids is 1. The molecule has 1 atom stereocenters. The summed E-state index contributed by atoms with van der Waals surface area (Å²) in [6.45, 7) is 0.189. The lowest BCUT2D eigenvalue weighted by Gasteiger charge is -2.07. The number of hydrogen-bond acceptors (Lipinski definition) is 4. The molecule has 5 nitrogen and oxygen atoms in total. The zero-order valence-electron chi connectivity index (χ0n) is 7.77. The van der Waals surface area contributed by atoms with E-state index in [1.807, 2.05) is 0 Å². The number of rotatable bonds is 2. The SMILES string of the molecule is N[C@H](C(=O)O)c1ccc2c(c1)COC2=O. The molecule has 3 N–H and O–H groups in total. The molecule has 0 saturated carbocycles. The van der Waals surface area contributed by atoms with Gasteiger partial charge in [-0.05, 0) is 17.7 Å². The van der Waals surface area contributed by atoms with E-state index in [-0.39, 0.29) is 12.6 Å². The van der Waals surface area contributed by atoms with Crippen LogP contribution in [-0.2, 0) is 16.1 Å². The van der Waals surface area contributed by atoms with Crippen LogP contribution in [0.3, 0.4) is 0 Å². The molecular weight excluding hydrogens is 198 g/mol. The Hall–Kier alpha value is -1.88. The number of carboxylic acids is 1. The average molecular weight is 207 g/mol. The first-order chi connectivity index (χ1) is 7.09. The van der Waals surface area contributed by atoms with Crippen LogP contribution in [0.15, 0.2) is 18.2 Å². The number of benzene rings is 1. The van der Waals surface area contributed by atoms with E-state index in [1.165, 1.54) is 6.07 Å². The van der Waals surface area contributed by atoms with Crippen molar-refractivity contribution in [1.82, 2.24) is 0 Å². The van der Waals surface area contributed by atoms with E-state index in [0.29, 0.717) is 16.7 Å². The predicted molar refractivity (Wildman–Crippen MR) is 50.1 cm³/mol. The summed E-state index contributed by atoms with van der Waals surface area (Å²) < 4.78 is 4.79. The van der Waals surface area contributed by atoms with Crippen molar-refractivity contribution in [2.75, 3.05) is 0 Å². The first-order valence-electron chi connectivity index (χ1n) is 4.38. The van der Waals surface area contributed by atoms with Gasteiger partial charge < -0.3 is 15.6 Å². The molecule has 0 spiro atoms. The van der Waals surface area contributed by atoms with Gasteiger partial charge in [0.25, 0.3) is 0 Å². The van der Waals surface area contributed by atoms with Crippen molar-refractivity contribution >= 4 is 11.9 Å². The van der Waals surface area contributed by atoms with Crippen molar-refractivity contribution < 1.29 is 19.4 Å². The van der Waals surface area contributed by atoms with E-state index in [9.17, 15) is 9.59 Å². The summed E-state index contributed by atoms with van der Waals surface area (Å²) in [5.41, 5.74) is 7.08. The summed E-state index contributed by atoms with van der Waals surface area (Å²) in [4.78, 5) is 21.8. The highest BCUT2D eigenvalue weighted by atomic mass is 16.5. The molecule has 1 aromatic carbocycles. The highest BCUT2D eigenvalue weighted by Crippen LogP contribution is 2.23. The van der Waals surface area contributed by atoms with Crippen LogP contribution in [0.5, 0.6) is 0 Å². The zero-order valence-corrected chi connectivity index (χ0v) is 7.77. The Bertz CT molecular complexity index is 441. The van der Waals surface area contributed by atoms with Gasteiger partial charge in [0.15, 0.2) is 0 Å². The van der Waals surface area contributed by atoms with Crippen molar-refractivity contribution in [3.63, 3.8) is 0 Å². The molecule has 0 aliphatic carbocycles. The van der Waals surface area contributed by atoms with Crippen LogP contribution in [0, 0.1) is 0 Å². The molecule has 0 fully saturated rings. The molecule has 1 aliphatic rings. The lowest BCUT2D eigenvalue weighted by atomic mass is 10.0. The van der Waals surface area contributed by atoms with Gasteiger partial charge in [-0.2, -0.15) is 0 Å². The van der Waals surface area contributed by atoms with Gasteiger partial charge in [-0.3, -0.25) is 4.79 Å². The molecule has 1 aromatic rings. The molecule has 1 aliphatic heterocycles. The number of nitrogens with two attached hydrogens (primary N) is 1. The number of carbonyl (C=O) groups excluding carboxylic acids is 1. The number of carboxylic acid groups (broad SMARTS) is 1. The number of carbonyl (C=O) groups is 2. The van der Waals surface area contributed by atoms with E-state index < -0.39 is 12.0 Å². The predicted octanol–water partition coefficient (Wildman–Crippen LogP) is 0.441. The smallest absolute Gasteiger partial charge is 0.338 e. The van der Waals surface area contributed by atoms with Gasteiger partial charge in [-0.1, -0.05) is 6.07 Å². The minimum Gasteiger partial charge on any atom is -0.480 e. The Balaban J connectivity index is 2.39. The van der Waals surface area contributed by atoms with E-state index >= 15 is 0 Å². The van der Waals surface area contributed by atoms with Crippen molar-refractivity contribution in [2.45, 2.75) is 12.6 Å². The molecule has 78 valence electrons. The molecule has 0 saturated heterocycles.